The molecule has 2 N–H and O–H groups in total. The molecule has 2 rings (SSSR count). The number of carbonyl (C=O) groups excluding carboxylic acids is 1. The molecule has 0 radical (unpaired) electrons. The molecule has 5 nitrogen and oxygen atoms in total. The van der Waals surface area contributed by atoms with Gasteiger partial charge in [0.25, 0.3) is 0 Å². The van der Waals surface area contributed by atoms with Gasteiger partial charge in [-0.2, -0.15) is 0 Å². The first-order valence-electron chi connectivity index (χ1n) is 6.08. The normalized spacial score (nSPS) is 10.4. The molecule has 0 saturated carbocycles. The fraction of sp³-hybridized carbons (Fsp3) is 0.308. The molecule has 1 aromatic heterocycles. The highest BCUT2D eigenvalue weighted by molar-refractivity contribution is 7.15. The highest BCUT2D eigenvalue weighted by Crippen LogP contribution is 2.18. The maximum atomic E-state index is 11.7. The lowest BCUT2D eigenvalue weighted by molar-refractivity contribution is -0.116. The molecule has 1 aromatic carbocycles. The maximum absolute atomic E-state index is 11.7. The second-order valence-electron chi connectivity index (χ2n) is 4.03. The van der Waals surface area contributed by atoms with Gasteiger partial charge in [-0.05, 0) is 24.5 Å². The van der Waals surface area contributed by atoms with Crippen molar-refractivity contribution < 1.29 is 9.90 Å². The van der Waals surface area contributed by atoms with E-state index in [1.165, 1.54) is 11.3 Å². The number of hydrogen-bond donors (Lipinski definition) is 2. The fourth-order valence-corrected chi connectivity index (χ4v) is 2.29. The van der Waals surface area contributed by atoms with E-state index >= 15 is 0 Å². The number of nitrogens with zero attached hydrogens (tertiary/aromatic N) is 2. The lowest BCUT2D eigenvalue weighted by Crippen LogP contribution is -2.12. The van der Waals surface area contributed by atoms with Gasteiger partial charge in [-0.25, -0.2) is 0 Å². The van der Waals surface area contributed by atoms with Gasteiger partial charge < -0.3 is 10.4 Å². The van der Waals surface area contributed by atoms with E-state index in [1.54, 1.807) is 12.1 Å². The average Bonchev–Trinajstić information content (AvgIpc) is 2.85. The zero-order chi connectivity index (χ0) is 13.7. The molecule has 0 aliphatic carbocycles. The van der Waals surface area contributed by atoms with Crippen LogP contribution in [0, 0.1) is 0 Å². The Morgan fingerprint density at radius 1 is 1.37 bits per heavy atom. The molecule has 0 aliphatic rings. The summed E-state index contributed by atoms with van der Waals surface area (Å²) in [6.45, 7) is 1.99. The zero-order valence-electron chi connectivity index (χ0n) is 10.6. The summed E-state index contributed by atoms with van der Waals surface area (Å²) in [4.78, 5) is 11.7. The predicted octanol–water partition coefficient (Wildman–Crippen LogP) is 2.38. The molecule has 0 aliphatic heterocycles. The predicted molar refractivity (Wildman–Crippen MR) is 74.3 cm³/mol. The van der Waals surface area contributed by atoms with Gasteiger partial charge in [0.15, 0.2) is 0 Å². The number of benzene rings is 1. The van der Waals surface area contributed by atoms with Crippen molar-refractivity contribution in [3.05, 3.63) is 34.8 Å². The van der Waals surface area contributed by atoms with Crippen molar-refractivity contribution in [2.45, 2.75) is 26.2 Å². The number of amides is 1. The van der Waals surface area contributed by atoms with E-state index in [2.05, 4.69) is 15.5 Å². The lowest BCUT2D eigenvalue weighted by atomic mass is 10.1. The quantitative estimate of drug-likeness (QED) is 0.880. The van der Waals surface area contributed by atoms with E-state index in [0.717, 1.165) is 17.0 Å². The summed E-state index contributed by atoms with van der Waals surface area (Å²) >= 11 is 1.38. The smallest absolute Gasteiger partial charge is 0.226 e. The van der Waals surface area contributed by atoms with Crippen LogP contribution in [0.15, 0.2) is 24.3 Å². The van der Waals surface area contributed by atoms with Crippen molar-refractivity contribution in [2.75, 3.05) is 5.32 Å². The van der Waals surface area contributed by atoms with Crippen LogP contribution in [0.2, 0.25) is 0 Å². The Morgan fingerprint density at radius 2 is 2.16 bits per heavy atom. The number of phenols is 1. The monoisotopic (exact) mass is 277 g/mol. The minimum absolute atomic E-state index is 0.123. The molecule has 2 aromatic rings. The molecule has 1 heterocycles. The van der Waals surface area contributed by atoms with E-state index in [1.807, 2.05) is 19.1 Å². The summed E-state index contributed by atoms with van der Waals surface area (Å²) in [5.41, 5.74) is 0.768. The molecule has 0 fully saturated rings. The lowest BCUT2D eigenvalue weighted by Gasteiger charge is -2.03. The van der Waals surface area contributed by atoms with E-state index in [-0.39, 0.29) is 11.7 Å². The van der Waals surface area contributed by atoms with Crippen LogP contribution >= 0.6 is 11.3 Å². The van der Waals surface area contributed by atoms with Gasteiger partial charge in [0, 0.05) is 6.42 Å². The van der Waals surface area contributed by atoms with Crippen molar-refractivity contribution in [3.8, 4) is 5.75 Å². The molecule has 1 amide bonds. The number of aromatic nitrogens is 2. The van der Waals surface area contributed by atoms with Crippen LogP contribution in [-0.4, -0.2) is 21.2 Å². The van der Waals surface area contributed by atoms with Gasteiger partial charge in [-0.1, -0.05) is 36.5 Å². The molecule has 100 valence electrons. The van der Waals surface area contributed by atoms with Crippen molar-refractivity contribution in [1.82, 2.24) is 10.2 Å². The van der Waals surface area contributed by atoms with Gasteiger partial charge in [-0.3, -0.25) is 4.79 Å². The largest absolute Gasteiger partial charge is 0.508 e. The van der Waals surface area contributed by atoms with Crippen LogP contribution in [0.5, 0.6) is 5.75 Å². The Morgan fingerprint density at radius 3 is 2.84 bits per heavy atom. The fourth-order valence-electron chi connectivity index (χ4n) is 1.60. The summed E-state index contributed by atoms with van der Waals surface area (Å²) in [6.07, 6.45) is 1.61. The number of phenolic OH excluding ortho intramolecular Hbond substituents is 1. The number of carbonyl (C=O) groups is 1. The van der Waals surface area contributed by atoms with Crippen LogP contribution in [-0.2, 0) is 17.6 Å². The second-order valence-corrected chi connectivity index (χ2v) is 5.09. The van der Waals surface area contributed by atoms with Crippen molar-refractivity contribution in [1.29, 1.82) is 0 Å². The highest BCUT2D eigenvalue weighted by atomic mass is 32.1. The van der Waals surface area contributed by atoms with Gasteiger partial charge in [0.2, 0.25) is 11.0 Å². The third-order valence-electron chi connectivity index (χ3n) is 2.63. The minimum atomic E-state index is -0.123. The number of nitrogens with one attached hydrogen (secondary N) is 1. The average molecular weight is 277 g/mol. The molecule has 0 saturated heterocycles. The first-order chi connectivity index (χ1) is 9.19. The Labute approximate surface area is 115 Å². The molecule has 6 heteroatoms. The number of rotatable bonds is 5. The van der Waals surface area contributed by atoms with E-state index in [0.29, 0.717) is 18.0 Å². The summed E-state index contributed by atoms with van der Waals surface area (Å²) < 4.78 is 0. The standard InChI is InChI=1S/C13H15N3O2S/c1-2-12-15-16-13(19-12)14-11(18)8-7-9-5-3-4-6-10(9)17/h3-6,17H,2,7-8H2,1H3,(H,14,16,18). The molecule has 19 heavy (non-hydrogen) atoms. The molecule has 0 atom stereocenters. The molecule has 0 bridgehead atoms. The molecular weight excluding hydrogens is 262 g/mol. The van der Waals surface area contributed by atoms with Gasteiger partial charge >= 0.3 is 0 Å². The number of hydrogen-bond acceptors (Lipinski definition) is 5. The Bertz CT molecular complexity index is 569. The van der Waals surface area contributed by atoms with Crippen molar-refractivity contribution in [2.24, 2.45) is 0 Å². The number of aromatic hydroxyl groups is 1. The number of aryl methyl sites for hydroxylation is 2. The first-order valence-corrected chi connectivity index (χ1v) is 6.89. The van der Waals surface area contributed by atoms with Crippen molar-refractivity contribution >= 4 is 22.4 Å². The molecule has 0 unspecified atom stereocenters. The zero-order valence-corrected chi connectivity index (χ0v) is 11.4. The first kappa shape index (κ1) is 13.5. The van der Waals surface area contributed by atoms with Crippen molar-refractivity contribution in [3.63, 3.8) is 0 Å². The summed E-state index contributed by atoms with van der Waals surface area (Å²) in [7, 11) is 0. The second kappa shape index (κ2) is 6.29. The Hall–Kier alpha value is -1.95. The molecular formula is C13H15N3O2S. The third kappa shape index (κ3) is 3.75. The van der Waals surface area contributed by atoms with Crippen LogP contribution in [0.1, 0.15) is 23.9 Å². The number of para-hydroxylation sites is 1. The minimum Gasteiger partial charge on any atom is -0.508 e. The highest BCUT2D eigenvalue weighted by Gasteiger charge is 2.08. The third-order valence-corrected chi connectivity index (χ3v) is 3.61. The number of anilines is 1. The van der Waals surface area contributed by atoms with E-state index in [4.69, 9.17) is 0 Å². The summed E-state index contributed by atoms with van der Waals surface area (Å²) in [6, 6.07) is 7.02. The van der Waals surface area contributed by atoms with Crippen LogP contribution in [0.25, 0.3) is 0 Å². The maximum Gasteiger partial charge on any atom is 0.226 e. The van der Waals surface area contributed by atoms with Gasteiger partial charge in [-0.15, -0.1) is 10.2 Å². The molecule has 0 spiro atoms. The summed E-state index contributed by atoms with van der Waals surface area (Å²) in [5, 5.41) is 21.6. The van der Waals surface area contributed by atoms with Gasteiger partial charge in [0.1, 0.15) is 10.8 Å². The van der Waals surface area contributed by atoms with Crippen LogP contribution < -0.4 is 5.32 Å². The van der Waals surface area contributed by atoms with E-state index < -0.39 is 0 Å². The SMILES string of the molecule is CCc1nnc(NC(=O)CCc2ccccc2O)s1. The Kier molecular flexibility index (Phi) is 4.46. The van der Waals surface area contributed by atoms with Crippen LogP contribution in [0.3, 0.4) is 0 Å². The Balaban J connectivity index is 1.86. The topological polar surface area (TPSA) is 75.1 Å². The van der Waals surface area contributed by atoms with E-state index in [9.17, 15) is 9.90 Å². The summed E-state index contributed by atoms with van der Waals surface area (Å²) in [5.74, 6) is 0.0986. The van der Waals surface area contributed by atoms with Crippen LogP contribution in [0.4, 0.5) is 5.13 Å². The van der Waals surface area contributed by atoms with Gasteiger partial charge in [0.05, 0.1) is 0 Å².